The van der Waals surface area contributed by atoms with Gasteiger partial charge in [-0.25, -0.2) is 0 Å². The maximum Gasteiger partial charge on any atom is 0.220 e. The quantitative estimate of drug-likeness (QED) is 0.0204. The second-order valence-corrected chi connectivity index (χ2v) is 23.9. The first-order valence-corrected chi connectivity index (χ1v) is 34.5. The smallest absolute Gasteiger partial charge is 0.220 e. The standard InChI is InChI=1S/C72H125NO13/c1-3-5-7-9-11-13-15-17-19-21-23-25-27-29-30-32-34-36-38-40-42-44-46-48-50-52-54-56-64(77)73-60(59-83-71-69(82)67(80)70(63(58-75)85-71)86-72-68(81)66(79)65(78)62(57-74)84-72)61(76)55-53-51-49-47-45-43-41-39-37-35-33-31-28-26-24-22-20-18-16-14-12-10-8-6-4-2/h5,7,11,13,17,19,23,25,29-30,37,39,45,47,53,55,60-63,65-72,74-76,78-82H,3-4,6,8-10,12,14-16,18,20-22,24,26-28,31-36,38,40-44,46,48-52,54,56-59H2,1-2H3,(H,73,77)/b7-5-,13-11-,19-17-,25-23-,30-29-,39-37+,47-45+,55-53+. The summed E-state index contributed by atoms with van der Waals surface area (Å²) in [4.78, 5) is 13.3. The van der Waals surface area contributed by atoms with Crippen LogP contribution in [0.5, 0.6) is 0 Å². The second-order valence-electron chi connectivity index (χ2n) is 23.9. The normalized spacial score (nSPS) is 24.0. The molecule has 12 atom stereocenters. The van der Waals surface area contributed by atoms with Crippen molar-refractivity contribution in [1.82, 2.24) is 5.32 Å². The first-order valence-electron chi connectivity index (χ1n) is 34.5. The van der Waals surface area contributed by atoms with Crippen molar-refractivity contribution in [3.05, 3.63) is 97.2 Å². The van der Waals surface area contributed by atoms with E-state index >= 15 is 0 Å². The Labute approximate surface area is 522 Å². The summed E-state index contributed by atoms with van der Waals surface area (Å²) in [5.74, 6) is -0.259. The maximum atomic E-state index is 13.3. The van der Waals surface area contributed by atoms with Crippen molar-refractivity contribution in [3.63, 3.8) is 0 Å². The van der Waals surface area contributed by atoms with Gasteiger partial charge in [0.25, 0.3) is 0 Å². The van der Waals surface area contributed by atoms with Crippen LogP contribution in [0.4, 0.5) is 0 Å². The van der Waals surface area contributed by atoms with Crippen LogP contribution in [0.3, 0.4) is 0 Å². The molecule has 0 spiro atoms. The Morgan fingerprint density at radius 2 is 0.814 bits per heavy atom. The van der Waals surface area contributed by atoms with Crippen molar-refractivity contribution in [2.24, 2.45) is 0 Å². The molecule has 2 saturated heterocycles. The summed E-state index contributed by atoms with van der Waals surface area (Å²) in [5, 5.41) is 87.4. The van der Waals surface area contributed by atoms with E-state index in [-0.39, 0.29) is 18.9 Å². The van der Waals surface area contributed by atoms with Crippen LogP contribution in [0, 0.1) is 0 Å². The summed E-state index contributed by atoms with van der Waals surface area (Å²) < 4.78 is 22.8. The van der Waals surface area contributed by atoms with Crippen LogP contribution in [0.2, 0.25) is 0 Å². The highest BCUT2D eigenvalue weighted by atomic mass is 16.7. The van der Waals surface area contributed by atoms with Crippen molar-refractivity contribution in [2.75, 3.05) is 19.8 Å². The molecule has 2 aliphatic heterocycles. The van der Waals surface area contributed by atoms with Gasteiger partial charge in [0.2, 0.25) is 5.91 Å². The lowest BCUT2D eigenvalue weighted by Crippen LogP contribution is -2.65. The van der Waals surface area contributed by atoms with Gasteiger partial charge in [-0.1, -0.05) is 259 Å². The highest BCUT2D eigenvalue weighted by molar-refractivity contribution is 5.76. The van der Waals surface area contributed by atoms with Crippen molar-refractivity contribution in [3.8, 4) is 0 Å². The van der Waals surface area contributed by atoms with Gasteiger partial charge in [-0.15, -0.1) is 0 Å². The third-order valence-electron chi connectivity index (χ3n) is 16.2. The maximum absolute atomic E-state index is 13.3. The first-order chi connectivity index (χ1) is 42.1. The molecule has 14 nitrogen and oxygen atoms in total. The Balaban J connectivity index is 1.73. The Morgan fingerprint density at radius 3 is 1.28 bits per heavy atom. The van der Waals surface area contributed by atoms with Gasteiger partial charge in [-0.05, 0) is 89.9 Å². The highest BCUT2D eigenvalue weighted by Crippen LogP contribution is 2.30. The molecule has 0 aromatic carbocycles. The average molecular weight is 1210 g/mol. The zero-order chi connectivity index (χ0) is 62.3. The number of aliphatic hydroxyl groups excluding tert-OH is 8. The van der Waals surface area contributed by atoms with E-state index in [0.29, 0.717) is 12.8 Å². The predicted molar refractivity (Wildman–Crippen MR) is 350 cm³/mol. The first kappa shape index (κ1) is 79.0. The summed E-state index contributed by atoms with van der Waals surface area (Å²) in [6.07, 6.45) is 61.7. The van der Waals surface area contributed by atoms with Gasteiger partial charge in [0.1, 0.15) is 48.8 Å². The molecule has 0 aliphatic carbocycles. The molecule has 86 heavy (non-hydrogen) atoms. The summed E-state index contributed by atoms with van der Waals surface area (Å²) in [7, 11) is 0. The molecule has 9 N–H and O–H groups in total. The lowest BCUT2D eigenvalue weighted by atomic mass is 9.97. The molecular weight excluding hydrogens is 1090 g/mol. The van der Waals surface area contributed by atoms with Gasteiger partial charge in [-0.2, -0.15) is 0 Å². The number of hydrogen-bond acceptors (Lipinski definition) is 13. The van der Waals surface area contributed by atoms with Crippen molar-refractivity contribution < 1.29 is 64.6 Å². The van der Waals surface area contributed by atoms with Crippen molar-refractivity contribution in [2.45, 2.75) is 331 Å². The zero-order valence-corrected chi connectivity index (χ0v) is 53.8. The molecule has 0 saturated carbocycles. The Bertz CT molecular complexity index is 1810. The molecule has 2 rings (SSSR count). The molecule has 0 radical (unpaired) electrons. The van der Waals surface area contributed by atoms with E-state index in [0.717, 1.165) is 83.5 Å². The number of allylic oxidation sites excluding steroid dienone is 15. The molecule has 0 aromatic heterocycles. The molecule has 0 aromatic rings. The van der Waals surface area contributed by atoms with E-state index < -0.39 is 86.8 Å². The van der Waals surface area contributed by atoms with Crippen molar-refractivity contribution >= 4 is 5.91 Å². The Kier molecular flexibility index (Phi) is 51.4. The van der Waals surface area contributed by atoms with Gasteiger partial charge in [0, 0.05) is 6.42 Å². The zero-order valence-electron chi connectivity index (χ0n) is 53.8. The summed E-state index contributed by atoms with van der Waals surface area (Å²) in [6, 6.07) is -0.947. The van der Waals surface area contributed by atoms with Gasteiger partial charge >= 0.3 is 0 Å². The van der Waals surface area contributed by atoms with Crippen LogP contribution >= 0.6 is 0 Å². The summed E-state index contributed by atoms with van der Waals surface area (Å²) >= 11 is 0. The Morgan fingerprint density at radius 1 is 0.430 bits per heavy atom. The van der Waals surface area contributed by atoms with Gasteiger partial charge in [-0.3, -0.25) is 4.79 Å². The summed E-state index contributed by atoms with van der Waals surface area (Å²) in [5.41, 5.74) is 0. The monoisotopic (exact) mass is 1210 g/mol. The lowest BCUT2D eigenvalue weighted by Gasteiger charge is -2.46. The minimum absolute atomic E-state index is 0.259. The van der Waals surface area contributed by atoms with Gasteiger partial charge < -0.3 is 65.1 Å². The number of rotatable bonds is 55. The molecule has 496 valence electrons. The molecule has 14 heteroatoms. The van der Waals surface area contributed by atoms with E-state index in [4.69, 9.17) is 18.9 Å². The SMILES string of the molecule is CC/C=C\C/C=C\C/C=C\C/C=C\C/C=C\CCCCCCCCCCCCCC(=O)NC(COC1OC(CO)C(OC2OC(CO)C(O)C(O)C2O)C(O)C1O)C(O)/C=C/CC/C=C/CC/C=C/CCCCCCCCCCCCCCCCC. The number of carbonyl (C=O) groups excluding carboxylic acids is 1. The van der Waals surface area contributed by atoms with Crippen LogP contribution in [-0.4, -0.2) is 140 Å². The number of unbranched alkanes of at least 4 members (excludes halogenated alkanes) is 28. The number of aliphatic hydroxyl groups is 8. The van der Waals surface area contributed by atoms with E-state index in [1.165, 1.54) is 141 Å². The number of amides is 1. The topological polar surface area (TPSA) is 228 Å². The third-order valence-corrected chi connectivity index (χ3v) is 16.2. The van der Waals surface area contributed by atoms with Crippen LogP contribution in [0.15, 0.2) is 97.2 Å². The fourth-order valence-electron chi connectivity index (χ4n) is 10.8. The Hall–Kier alpha value is -3.09. The number of ether oxygens (including phenoxy) is 4. The molecule has 12 unspecified atom stereocenters. The predicted octanol–water partition coefficient (Wildman–Crippen LogP) is 13.8. The summed E-state index contributed by atoms with van der Waals surface area (Å²) in [6.45, 7) is 2.67. The minimum atomic E-state index is -1.80. The van der Waals surface area contributed by atoms with E-state index in [9.17, 15) is 45.6 Å². The van der Waals surface area contributed by atoms with Crippen molar-refractivity contribution in [1.29, 1.82) is 0 Å². The fourth-order valence-corrected chi connectivity index (χ4v) is 10.8. The van der Waals surface area contributed by atoms with E-state index in [1.54, 1.807) is 6.08 Å². The van der Waals surface area contributed by atoms with Gasteiger partial charge in [0.05, 0.1) is 32.0 Å². The largest absolute Gasteiger partial charge is 0.394 e. The van der Waals surface area contributed by atoms with Crippen LogP contribution in [0.1, 0.15) is 258 Å². The molecule has 2 heterocycles. The third kappa shape index (κ3) is 39.8. The molecule has 0 bridgehead atoms. The van der Waals surface area contributed by atoms with Gasteiger partial charge in [0.15, 0.2) is 12.6 Å². The number of hydrogen-bond donors (Lipinski definition) is 9. The van der Waals surface area contributed by atoms with Crippen LogP contribution in [0.25, 0.3) is 0 Å². The second kappa shape index (κ2) is 55.9. The molecule has 2 fully saturated rings. The van der Waals surface area contributed by atoms with E-state index in [2.05, 4.69) is 104 Å². The minimum Gasteiger partial charge on any atom is -0.394 e. The lowest BCUT2D eigenvalue weighted by molar-refractivity contribution is -0.359. The van der Waals surface area contributed by atoms with Crippen LogP contribution in [-0.2, 0) is 23.7 Å². The number of nitrogens with one attached hydrogen (secondary N) is 1. The molecular formula is C72H125NO13. The van der Waals surface area contributed by atoms with E-state index in [1.807, 2.05) is 6.08 Å². The highest BCUT2D eigenvalue weighted by Gasteiger charge is 2.51. The fraction of sp³-hybridized carbons (Fsp3) is 0.764. The number of carbonyl (C=O) groups is 1. The average Bonchev–Trinajstić information content (AvgIpc) is 2.53. The molecule has 2 aliphatic rings. The molecule has 1 amide bonds. The van der Waals surface area contributed by atoms with Crippen LogP contribution < -0.4 is 5.32 Å².